The molecule has 2 fully saturated rings. The van der Waals surface area contributed by atoms with E-state index in [1.165, 1.54) is 12.1 Å². The van der Waals surface area contributed by atoms with Gasteiger partial charge in [0, 0.05) is 55.5 Å². The second kappa shape index (κ2) is 9.05. The zero-order valence-corrected chi connectivity index (χ0v) is 17.4. The number of nitro groups is 1. The molecule has 1 aromatic carbocycles. The van der Waals surface area contributed by atoms with Crippen LogP contribution < -0.4 is 20.9 Å². The molecule has 0 unspecified atom stereocenters. The summed E-state index contributed by atoms with van der Waals surface area (Å²) in [5.41, 5.74) is 6.80. The Morgan fingerprint density at radius 3 is 2.53 bits per heavy atom. The molecule has 3 heterocycles. The van der Waals surface area contributed by atoms with Gasteiger partial charge >= 0.3 is 5.69 Å². The Morgan fingerprint density at radius 2 is 1.87 bits per heavy atom. The van der Waals surface area contributed by atoms with Gasteiger partial charge in [-0.05, 0) is 37.1 Å². The first kappa shape index (κ1) is 20.7. The van der Waals surface area contributed by atoms with Crippen molar-refractivity contribution in [2.45, 2.75) is 18.9 Å². The van der Waals surface area contributed by atoms with Crippen molar-refractivity contribution in [3.05, 3.63) is 46.3 Å². The van der Waals surface area contributed by atoms with Crippen molar-refractivity contribution in [2.24, 2.45) is 5.73 Å². The molecule has 160 valence electrons. The van der Waals surface area contributed by atoms with Gasteiger partial charge in [-0.1, -0.05) is 0 Å². The molecule has 0 bridgehead atoms. The molecule has 2 aromatic rings. The third kappa shape index (κ3) is 4.59. The number of hydrogen-bond donors (Lipinski definition) is 2. The lowest BCUT2D eigenvalue weighted by Crippen LogP contribution is -2.40. The number of nitrogens with two attached hydrogens (primary N) is 1. The third-order valence-corrected chi connectivity index (χ3v) is 6.42. The van der Waals surface area contributed by atoms with Crippen molar-refractivity contribution < 1.29 is 9.31 Å². The summed E-state index contributed by atoms with van der Waals surface area (Å²) in [4.78, 5) is 19.6. The Labute approximate surface area is 178 Å². The number of piperidine rings is 1. The second-order valence-electron chi connectivity index (χ2n) is 7.51. The van der Waals surface area contributed by atoms with Crippen molar-refractivity contribution in [3.8, 4) is 0 Å². The van der Waals surface area contributed by atoms with Gasteiger partial charge in [0.15, 0.2) is 0 Å². The average molecular weight is 433 g/mol. The van der Waals surface area contributed by atoms with Gasteiger partial charge < -0.3 is 20.9 Å². The molecule has 10 heteroatoms. The van der Waals surface area contributed by atoms with Crippen molar-refractivity contribution in [1.82, 2.24) is 4.98 Å². The fourth-order valence-corrected chi connectivity index (χ4v) is 4.67. The molecule has 30 heavy (non-hydrogen) atoms. The summed E-state index contributed by atoms with van der Waals surface area (Å²) >= 11 is 1.86. The van der Waals surface area contributed by atoms with Crippen LogP contribution >= 0.6 is 11.8 Å². The van der Waals surface area contributed by atoms with E-state index in [9.17, 15) is 14.5 Å². The first-order chi connectivity index (χ1) is 14.5. The molecule has 0 radical (unpaired) electrons. The molecule has 0 atom stereocenters. The summed E-state index contributed by atoms with van der Waals surface area (Å²) in [6, 6.07) is 8.09. The summed E-state index contributed by atoms with van der Waals surface area (Å²) in [6.45, 7) is 3.12. The van der Waals surface area contributed by atoms with Crippen LogP contribution in [0.3, 0.4) is 0 Å². The van der Waals surface area contributed by atoms with Crippen LogP contribution in [0.15, 0.2) is 30.3 Å². The predicted molar refractivity (Wildman–Crippen MR) is 120 cm³/mol. The van der Waals surface area contributed by atoms with Crippen molar-refractivity contribution in [2.75, 3.05) is 52.8 Å². The quantitative estimate of drug-likeness (QED) is 0.548. The number of thioether (sulfide) groups is 1. The highest BCUT2D eigenvalue weighted by Crippen LogP contribution is 2.31. The van der Waals surface area contributed by atoms with Crippen LogP contribution in [0.1, 0.15) is 12.8 Å². The molecule has 2 aliphatic heterocycles. The fourth-order valence-electron chi connectivity index (χ4n) is 3.77. The zero-order chi connectivity index (χ0) is 21.1. The van der Waals surface area contributed by atoms with Crippen LogP contribution in [0.5, 0.6) is 0 Å². The number of anilines is 4. The second-order valence-corrected chi connectivity index (χ2v) is 8.73. The van der Waals surface area contributed by atoms with Crippen LogP contribution in [0.4, 0.5) is 33.1 Å². The first-order valence-electron chi connectivity index (χ1n) is 10.1. The Bertz CT molecular complexity index is 916. The normalized spacial score (nSPS) is 17.8. The Hall–Kier alpha value is -2.59. The smallest absolute Gasteiger partial charge is 0.311 e. The van der Waals surface area contributed by atoms with E-state index < -0.39 is 4.92 Å². The molecule has 2 aliphatic rings. The fraction of sp³-hybridized carbons (Fsp3) is 0.450. The summed E-state index contributed by atoms with van der Waals surface area (Å²) < 4.78 is 14.7. The van der Waals surface area contributed by atoms with Gasteiger partial charge in [0.05, 0.1) is 10.6 Å². The third-order valence-electron chi connectivity index (χ3n) is 5.48. The monoisotopic (exact) mass is 432 g/mol. The summed E-state index contributed by atoms with van der Waals surface area (Å²) in [5, 5.41) is 14.4. The average Bonchev–Trinajstić information content (AvgIpc) is 2.75. The van der Waals surface area contributed by atoms with E-state index in [1.807, 2.05) is 16.7 Å². The number of nitrogens with one attached hydrogen (secondary N) is 1. The molecule has 2 saturated heterocycles. The number of nitrogens with zero attached hydrogens (tertiary/aromatic N) is 4. The SMILES string of the molecule is NC1CCN(c2ccc([N+](=O)[O-])c(Nc3ccc(N4CCSCC4)c(F)c3)n2)CC1. The highest BCUT2D eigenvalue weighted by molar-refractivity contribution is 7.99. The van der Waals surface area contributed by atoms with Crippen molar-refractivity contribution in [1.29, 1.82) is 0 Å². The minimum absolute atomic E-state index is 0.105. The van der Waals surface area contributed by atoms with Crippen LogP contribution in [-0.4, -0.2) is 53.6 Å². The number of hydrogen-bond acceptors (Lipinski definition) is 8. The largest absolute Gasteiger partial charge is 0.368 e. The van der Waals surface area contributed by atoms with E-state index in [-0.39, 0.29) is 23.4 Å². The van der Waals surface area contributed by atoms with Gasteiger partial charge in [0.25, 0.3) is 0 Å². The number of rotatable bonds is 5. The molecule has 3 N–H and O–H groups in total. The summed E-state index contributed by atoms with van der Waals surface area (Å²) in [7, 11) is 0. The highest BCUT2D eigenvalue weighted by Gasteiger charge is 2.22. The van der Waals surface area contributed by atoms with Crippen LogP contribution in [0.25, 0.3) is 0 Å². The number of benzene rings is 1. The summed E-state index contributed by atoms with van der Waals surface area (Å²) in [5.74, 6) is 2.36. The molecule has 4 rings (SSSR count). The maximum atomic E-state index is 14.7. The number of aromatic nitrogens is 1. The Balaban J connectivity index is 1.57. The van der Waals surface area contributed by atoms with Gasteiger partial charge in [-0.3, -0.25) is 10.1 Å². The molecule has 8 nitrogen and oxygen atoms in total. The van der Waals surface area contributed by atoms with Gasteiger partial charge in [-0.25, -0.2) is 9.37 Å². The van der Waals surface area contributed by atoms with Gasteiger partial charge in [0.1, 0.15) is 11.6 Å². The molecule has 0 aliphatic carbocycles. The highest BCUT2D eigenvalue weighted by atomic mass is 32.2. The number of pyridine rings is 1. The van der Waals surface area contributed by atoms with E-state index in [0.29, 0.717) is 17.2 Å². The maximum Gasteiger partial charge on any atom is 0.311 e. The van der Waals surface area contributed by atoms with E-state index in [1.54, 1.807) is 18.2 Å². The molecule has 0 spiro atoms. The minimum Gasteiger partial charge on any atom is -0.368 e. The molecular formula is C20H25FN6O2S. The van der Waals surface area contributed by atoms with Crippen LogP contribution in [0, 0.1) is 15.9 Å². The van der Waals surface area contributed by atoms with Crippen LogP contribution in [0.2, 0.25) is 0 Å². The molecular weight excluding hydrogens is 407 g/mol. The topological polar surface area (TPSA) is 101 Å². The first-order valence-corrected chi connectivity index (χ1v) is 11.2. The Morgan fingerprint density at radius 1 is 1.13 bits per heavy atom. The zero-order valence-electron chi connectivity index (χ0n) is 16.6. The van der Waals surface area contributed by atoms with E-state index in [0.717, 1.165) is 50.5 Å². The van der Waals surface area contributed by atoms with Crippen molar-refractivity contribution >= 4 is 40.5 Å². The van der Waals surface area contributed by atoms with E-state index >= 15 is 0 Å². The van der Waals surface area contributed by atoms with Crippen LogP contribution in [-0.2, 0) is 0 Å². The number of halogens is 1. The van der Waals surface area contributed by atoms with E-state index in [2.05, 4.69) is 15.2 Å². The summed E-state index contributed by atoms with van der Waals surface area (Å²) in [6.07, 6.45) is 1.70. The maximum absolute atomic E-state index is 14.7. The standard InChI is InChI=1S/C20H25FN6O2S/c21-16-13-15(1-2-17(16)25-9-11-30-12-10-25)23-20-18(27(28)29)3-4-19(24-20)26-7-5-14(22)6-8-26/h1-4,13-14H,5-12,22H2,(H,23,24). The van der Waals surface area contributed by atoms with Crippen molar-refractivity contribution in [3.63, 3.8) is 0 Å². The lowest BCUT2D eigenvalue weighted by Gasteiger charge is -2.31. The van der Waals surface area contributed by atoms with Gasteiger partial charge in [-0.15, -0.1) is 0 Å². The lowest BCUT2D eigenvalue weighted by molar-refractivity contribution is -0.384. The minimum atomic E-state index is -0.485. The van der Waals surface area contributed by atoms with Gasteiger partial charge in [0.2, 0.25) is 5.82 Å². The molecule has 1 aromatic heterocycles. The molecule has 0 amide bonds. The predicted octanol–water partition coefficient (Wildman–Crippen LogP) is 3.35. The van der Waals surface area contributed by atoms with E-state index in [4.69, 9.17) is 5.73 Å². The molecule has 0 saturated carbocycles. The Kier molecular flexibility index (Phi) is 6.24. The van der Waals surface area contributed by atoms with Gasteiger partial charge in [-0.2, -0.15) is 11.8 Å². The lowest BCUT2D eigenvalue weighted by atomic mass is 10.1.